The SMILES string of the molecule is O=C(Nc1sc2c(c1CN1CCN(C(c3ccccc3)c3ccccc3)CC1)CCC2)c1ccc(F)cc1. The Morgan fingerprint density at radius 2 is 1.47 bits per heavy atom. The minimum atomic E-state index is -0.335. The molecule has 3 aromatic carbocycles. The van der Waals surface area contributed by atoms with Gasteiger partial charge in [0.25, 0.3) is 5.91 Å². The van der Waals surface area contributed by atoms with E-state index in [-0.39, 0.29) is 17.8 Å². The Hall–Kier alpha value is -3.32. The molecule has 194 valence electrons. The van der Waals surface area contributed by atoms with Gasteiger partial charge in [0.05, 0.1) is 6.04 Å². The van der Waals surface area contributed by atoms with Crippen molar-refractivity contribution in [1.29, 1.82) is 0 Å². The molecule has 1 N–H and O–H groups in total. The molecule has 0 atom stereocenters. The van der Waals surface area contributed by atoms with Gasteiger partial charge in [-0.05, 0) is 60.2 Å². The topological polar surface area (TPSA) is 35.6 Å². The van der Waals surface area contributed by atoms with Crippen molar-refractivity contribution in [3.63, 3.8) is 0 Å². The number of nitrogens with zero attached hydrogens (tertiary/aromatic N) is 2. The first-order valence-corrected chi connectivity index (χ1v) is 14.2. The van der Waals surface area contributed by atoms with Gasteiger partial charge in [-0.1, -0.05) is 60.7 Å². The number of carbonyl (C=O) groups is 1. The van der Waals surface area contributed by atoms with Crippen LogP contribution in [0.25, 0.3) is 0 Å². The van der Waals surface area contributed by atoms with Crippen molar-refractivity contribution in [2.75, 3.05) is 31.5 Å². The molecular weight excluding hydrogens is 493 g/mol. The predicted molar refractivity (Wildman–Crippen MR) is 152 cm³/mol. The molecule has 1 saturated heterocycles. The molecule has 4 nitrogen and oxygen atoms in total. The largest absolute Gasteiger partial charge is 0.313 e. The summed E-state index contributed by atoms with van der Waals surface area (Å²) < 4.78 is 13.3. The van der Waals surface area contributed by atoms with E-state index in [0.717, 1.165) is 50.6 Å². The van der Waals surface area contributed by atoms with Crippen molar-refractivity contribution in [1.82, 2.24) is 9.80 Å². The molecule has 6 rings (SSSR count). The third kappa shape index (κ3) is 5.30. The second-order valence-electron chi connectivity index (χ2n) is 10.2. The van der Waals surface area contributed by atoms with Gasteiger partial charge in [-0.3, -0.25) is 14.6 Å². The van der Waals surface area contributed by atoms with Gasteiger partial charge in [-0.2, -0.15) is 0 Å². The fraction of sp³-hybridized carbons (Fsp3) is 0.281. The quantitative estimate of drug-likeness (QED) is 0.298. The molecule has 0 bridgehead atoms. The maximum absolute atomic E-state index is 13.3. The van der Waals surface area contributed by atoms with Crippen molar-refractivity contribution in [2.45, 2.75) is 31.8 Å². The van der Waals surface area contributed by atoms with E-state index in [1.165, 1.54) is 45.7 Å². The summed E-state index contributed by atoms with van der Waals surface area (Å²) in [6.45, 7) is 4.77. The first-order valence-electron chi connectivity index (χ1n) is 13.4. The summed E-state index contributed by atoms with van der Waals surface area (Å²) in [5, 5.41) is 4.11. The summed E-state index contributed by atoms with van der Waals surface area (Å²) in [7, 11) is 0. The number of benzene rings is 3. The zero-order valence-corrected chi connectivity index (χ0v) is 22.2. The Morgan fingerprint density at radius 1 is 0.842 bits per heavy atom. The maximum Gasteiger partial charge on any atom is 0.256 e. The first kappa shape index (κ1) is 25.0. The lowest BCUT2D eigenvalue weighted by Gasteiger charge is -2.40. The lowest BCUT2D eigenvalue weighted by molar-refractivity contribution is 0.102. The minimum Gasteiger partial charge on any atom is -0.313 e. The van der Waals surface area contributed by atoms with Gasteiger partial charge in [-0.15, -0.1) is 11.3 Å². The Kier molecular flexibility index (Phi) is 7.36. The molecule has 1 aliphatic carbocycles. The number of piperazine rings is 1. The summed E-state index contributed by atoms with van der Waals surface area (Å²) in [6, 6.07) is 27.6. The zero-order chi connectivity index (χ0) is 25.9. The van der Waals surface area contributed by atoms with Crippen LogP contribution in [0.1, 0.15) is 50.0 Å². The van der Waals surface area contributed by atoms with Crippen molar-refractivity contribution in [3.8, 4) is 0 Å². The average molecular weight is 526 g/mol. The summed E-state index contributed by atoms with van der Waals surface area (Å²) in [4.78, 5) is 19.5. The Balaban J connectivity index is 1.17. The summed E-state index contributed by atoms with van der Waals surface area (Å²) in [5.41, 5.74) is 5.84. The number of halogens is 1. The van der Waals surface area contributed by atoms with Gasteiger partial charge in [0.15, 0.2) is 0 Å². The highest BCUT2D eigenvalue weighted by atomic mass is 32.1. The lowest BCUT2D eigenvalue weighted by Crippen LogP contribution is -2.47. The van der Waals surface area contributed by atoms with Crippen LogP contribution in [0.2, 0.25) is 0 Å². The fourth-order valence-electron chi connectivity index (χ4n) is 5.80. The van der Waals surface area contributed by atoms with Crippen LogP contribution < -0.4 is 5.32 Å². The first-order chi connectivity index (χ1) is 18.7. The van der Waals surface area contributed by atoms with Crippen molar-refractivity contribution < 1.29 is 9.18 Å². The van der Waals surface area contributed by atoms with E-state index in [2.05, 4.69) is 75.8 Å². The number of nitrogens with one attached hydrogen (secondary N) is 1. The van der Waals surface area contributed by atoms with Gasteiger partial charge in [0, 0.05) is 48.7 Å². The monoisotopic (exact) mass is 525 g/mol. The van der Waals surface area contributed by atoms with Crippen LogP contribution >= 0.6 is 11.3 Å². The third-order valence-corrected chi connectivity index (χ3v) is 9.00. The molecule has 0 saturated carbocycles. The van der Waals surface area contributed by atoms with Crippen LogP contribution in [0.3, 0.4) is 0 Å². The molecule has 0 radical (unpaired) electrons. The van der Waals surface area contributed by atoms with Crippen molar-refractivity contribution >= 4 is 22.2 Å². The van der Waals surface area contributed by atoms with Gasteiger partial charge in [0.1, 0.15) is 10.8 Å². The van der Waals surface area contributed by atoms with E-state index in [4.69, 9.17) is 0 Å². The normalized spacial score (nSPS) is 16.1. The van der Waals surface area contributed by atoms with Crippen LogP contribution in [-0.4, -0.2) is 41.9 Å². The molecule has 1 amide bonds. The van der Waals surface area contributed by atoms with Crippen molar-refractivity contribution in [2.24, 2.45) is 0 Å². The highest BCUT2D eigenvalue weighted by Crippen LogP contribution is 2.40. The van der Waals surface area contributed by atoms with Crippen LogP contribution in [0.4, 0.5) is 9.39 Å². The average Bonchev–Trinajstić information content (AvgIpc) is 3.54. The minimum absolute atomic E-state index is 0.176. The van der Waals surface area contributed by atoms with Crippen molar-refractivity contribution in [3.05, 3.63) is 123 Å². The molecule has 4 aromatic rings. The van der Waals surface area contributed by atoms with E-state index in [9.17, 15) is 9.18 Å². The number of aryl methyl sites for hydroxylation is 1. The standard InChI is InChI=1S/C32H32FN3OS/c33-26-16-14-25(15-17-26)31(37)34-32-28(27-12-7-13-29(27)38-32)22-35-18-20-36(21-19-35)30(23-8-3-1-4-9-23)24-10-5-2-6-11-24/h1-6,8-11,14-17,30H,7,12-13,18-22H2,(H,34,37). The van der Waals surface area contributed by atoms with Gasteiger partial charge in [0.2, 0.25) is 0 Å². The van der Waals surface area contributed by atoms with Crippen LogP contribution in [-0.2, 0) is 19.4 Å². The number of carbonyl (C=O) groups excluding carboxylic acids is 1. The second kappa shape index (κ2) is 11.2. The number of rotatable bonds is 7. The molecule has 0 unspecified atom stereocenters. The number of hydrogen-bond donors (Lipinski definition) is 1. The molecule has 2 aliphatic rings. The summed E-state index contributed by atoms with van der Waals surface area (Å²) in [5.74, 6) is -0.511. The van der Waals surface area contributed by atoms with Crippen LogP contribution in [0, 0.1) is 5.82 Å². The van der Waals surface area contributed by atoms with E-state index >= 15 is 0 Å². The number of hydrogen-bond acceptors (Lipinski definition) is 4. The molecule has 0 spiro atoms. The third-order valence-electron chi connectivity index (χ3n) is 7.75. The smallest absolute Gasteiger partial charge is 0.256 e. The highest BCUT2D eigenvalue weighted by Gasteiger charge is 2.29. The van der Waals surface area contributed by atoms with E-state index < -0.39 is 0 Å². The van der Waals surface area contributed by atoms with Gasteiger partial charge < -0.3 is 5.32 Å². The van der Waals surface area contributed by atoms with Gasteiger partial charge >= 0.3 is 0 Å². The Morgan fingerprint density at radius 3 is 2.11 bits per heavy atom. The number of thiophene rings is 1. The van der Waals surface area contributed by atoms with Gasteiger partial charge in [-0.25, -0.2) is 4.39 Å². The fourth-order valence-corrected chi connectivity index (χ4v) is 7.10. The predicted octanol–water partition coefficient (Wildman–Crippen LogP) is 6.54. The lowest BCUT2D eigenvalue weighted by atomic mass is 9.96. The maximum atomic E-state index is 13.3. The molecule has 1 aromatic heterocycles. The van der Waals surface area contributed by atoms with E-state index in [1.54, 1.807) is 23.5 Å². The number of fused-ring (bicyclic) bond motifs is 1. The zero-order valence-electron chi connectivity index (χ0n) is 21.4. The Labute approximate surface area is 227 Å². The van der Waals surface area contributed by atoms with Crippen LogP contribution in [0.15, 0.2) is 84.9 Å². The molecule has 1 fully saturated rings. The Bertz CT molecular complexity index is 1340. The number of amides is 1. The summed E-state index contributed by atoms with van der Waals surface area (Å²) in [6.07, 6.45) is 3.35. The second-order valence-corrected chi connectivity index (χ2v) is 11.3. The van der Waals surface area contributed by atoms with E-state index in [0.29, 0.717) is 5.56 Å². The highest BCUT2D eigenvalue weighted by molar-refractivity contribution is 7.16. The molecule has 1 aliphatic heterocycles. The van der Waals surface area contributed by atoms with Crippen LogP contribution in [0.5, 0.6) is 0 Å². The number of anilines is 1. The molecule has 38 heavy (non-hydrogen) atoms. The molecule has 6 heteroatoms. The van der Waals surface area contributed by atoms with E-state index in [1.807, 2.05) is 0 Å². The summed E-state index contributed by atoms with van der Waals surface area (Å²) >= 11 is 1.72. The molecular formula is C32H32FN3OS. The molecule has 2 heterocycles.